The van der Waals surface area contributed by atoms with E-state index in [2.05, 4.69) is 6.92 Å². The summed E-state index contributed by atoms with van der Waals surface area (Å²) >= 11 is 1.63. The van der Waals surface area contributed by atoms with E-state index in [1.165, 1.54) is 0 Å². The van der Waals surface area contributed by atoms with Crippen molar-refractivity contribution in [3.8, 4) is 17.2 Å². The van der Waals surface area contributed by atoms with Crippen LogP contribution in [0.1, 0.15) is 47.3 Å². The van der Waals surface area contributed by atoms with Gasteiger partial charge in [0.2, 0.25) is 0 Å². The fraction of sp³-hybridized carbons (Fsp3) is 0.423. The average molecular weight is 923 g/mol. The first-order chi connectivity index (χ1) is 32.5. The topological polar surface area (TPSA) is 120 Å². The Balaban J connectivity index is 1.07. The first kappa shape index (κ1) is 46.6. The third kappa shape index (κ3) is 11.1. The second-order valence-corrected chi connectivity index (χ2v) is 17.7. The number of fused-ring (bicyclic) bond motifs is 2. The van der Waals surface area contributed by atoms with Crippen molar-refractivity contribution in [3.63, 3.8) is 0 Å². The van der Waals surface area contributed by atoms with Gasteiger partial charge in [-0.3, -0.25) is 0 Å². The van der Waals surface area contributed by atoms with Gasteiger partial charge < -0.3 is 61.6 Å². The molecule has 5 aromatic rings. The minimum atomic E-state index is -1.01. The van der Waals surface area contributed by atoms with Crippen LogP contribution in [-0.4, -0.2) is 101 Å². The lowest BCUT2D eigenvalue weighted by molar-refractivity contribution is -0.393. The third-order valence-corrected chi connectivity index (χ3v) is 13.2. The van der Waals surface area contributed by atoms with Crippen LogP contribution in [0, 0.1) is 0 Å². The molecule has 2 unspecified atom stereocenters. The molecule has 66 heavy (non-hydrogen) atoms. The largest absolute Gasteiger partial charge is 0.497 e. The maximum atomic E-state index is 7.35. The van der Waals surface area contributed by atoms with Crippen molar-refractivity contribution in [2.75, 3.05) is 40.3 Å². The minimum absolute atomic E-state index is 0.214. The normalized spacial score (nSPS) is 29.6. The van der Waals surface area contributed by atoms with Crippen molar-refractivity contribution in [2.45, 2.75) is 99.9 Å². The molecule has 350 valence electrons. The highest BCUT2D eigenvalue weighted by atomic mass is 32.2. The molecule has 13 nitrogen and oxygen atoms in total. The van der Waals surface area contributed by atoms with Gasteiger partial charge in [-0.15, -0.1) is 11.8 Å². The summed E-state index contributed by atoms with van der Waals surface area (Å²) in [5.41, 5.74) is 4.10. The fourth-order valence-corrected chi connectivity index (χ4v) is 9.62. The van der Waals surface area contributed by atoms with Gasteiger partial charge in [0.25, 0.3) is 0 Å². The lowest BCUT2D eigenvalue weighted by Crippen LogP contribution is -2.67. The molecule has 4 heterocycles. The lowest BCUT2D eigenvalue weighted by Gasteiger charge is -2.52. The zero-order valence-electron chi connectivity index (χ0n) is 37.6. The van der Waals surface area contributed by atoms with Gasteiger partial charge in [0.1, 0.15) is 71.5 Å². The quantitative estimate of drug-likeness (QED) is 0.0835. The van der Waals surface area contributed by atoms with Crippen LogP contribution >= 0.6 is 11.8 Å². The van der Waals surface area contributed by atoms with E-state index in [-0.39, 0.29) is 26.4 Å². The molecule has 5 aromatic carbocycles. The second-order valence-electron chi connectivity index (χ2n) is 16.4. The predicted molar refractivity (Wildman–Crippen MR) is 245 cm³/mol. The van der Waals surface area contributed by atoms with Crippen molar-refractivity contribution in [3.05, 3.63) is 161 Å². The van der Waals surface area contributed by atoms with Crippen LogP contribution in [0.25, 0.3) is 0 Å². The van der Waals surface area contributed by atoms with Crippen LogP contribution in [0.4, 0.5) is 0 Å². The Morgan fingerprint density at radius 3 is 1.30 bits per heavy atom. The molecule has 4 aliphatic heterocycles. The van der Waals surface area contributed by atoms with E-state index in [1.54, 1.807) is 33.1 Å². The van der Waals surface area contributed by atoms with Crippen molar-refractivity contribution < 1.29 is 61.6 Å². The number of rotatable bonds is 18. The molecule has 4 saturated heterocycles. The van der Waals surface area contributed by atoms with Gasteiger partial charge in [-0.2, -0.15) is 0 Å². The smallest absolute Gasteiger partial charge is 0.187 e. The molecule has 0 radical (unpaired) electrons. The van der Waals surface area contributed by atoms with Crippen molar-refractivity contribution >= 4 is 11.8 Å². The van der Waals surface area contributed by atoms with Gasteiger partial charge in [0, 0.05) is 11.1 Å². The highest BCUT2D eigenvalue weighted by Crippen LogP contribution is 2.43. The van der Waals surface area contributed by atoms with E-state index in [1.807, 2.05) is 133 Å². The Hall–Kier alpha value is -4.55. The van der Waals surface area contributed by atoms with Crippen molar-refractivity contribution in [1.29, 1.82) is 0 Å². The number of ether oxygens (including phenoxy) is 13. The van der Waals surface area contributed by atoms with Crippen molar-refractivity contribution in [1.82, 2.24) is 0 Å². The number of benzene rings is 5. The molecule has 4 fully saturated rings. The monoisotopic (exact) mass is 922 g/mol. The summed E-state index contributed by atoms with van der Waals surface area (Å²) in [5.74, 6) is 2.99. The maximum Gasteiger partial charge on any atom is 0.187 e. The van der Waals surface area contributed by atoms with Crippen LogP contribution in [0.5, 0.6) is 17.2 Å². The van der Waals surface area contributed by atoms with Gasteiger partial charge in [-0.05, 0) is 58.8 Å². The zero-order chi connectivity index (χ0) is 45.2. The number of hydrogen-bond acceptors (Lipinski definition) is 14. The van der Waals surface area contributed by atoms with Crippen LogP contribution in [-0.2, 0) is 67.2 Å². The average Bonchev–Trinajstić information content (AvgIpc) is 3.38. The van der Waals surface area contributed by atoms with Gasteiger partial charge >= 0.3 is 0 Å². The highest BCUT2D eigenvalue weighted by molar-refractivity contribution is 7.99. The number of thioether (sulfide) groups is 1. The second kappa shape index (κ2) is 22.5. The molecule has 0 aromatic heterocycles. The molecule has 12 atom stereocenters. The van der Waals surface area contributed by atoms with E-state index in [0.29, 0.717) is 6.61 Å². The molecule has 0 saturated carbocycles. The summed E-state index contributed by atoms with van der Waals surface area (Å²) < 4.78 is 84.9. The standard InChI is InChI=1S/C52H58O13S/c1-5-66-52-48(46(57-29-34-18-24-39(54-3)25-19-34)44-42(62-52)32-60-50(64-44)37-14-10-7-11-15-37)65-51-47(58-30-35-20-26-40(55-4)27-21-35)45(56-28-33-16-22-38(53-2)23-17-33)43-41(61-51)31-59-49(63-43)36-12-8-6-9-13-36/h6-27,41-52H,5,28-32H2,1-4H3/t41-,42-,43-,44-,45+,46+,47+,48+,49?,50?,51+,52-/m1/s1. The molecule has 9 rings (SSSR count). The van der Waals surface area contributed by atoms with E-state index in [4.69, 9.17) is 61.6 Å². The molecule has 4 aliphatic rings. The predicted octanol–water partition coefficient (Wildman–Crippen LogP) is 8.58. The summed E-state index contributed by atoms with van der Waals surface area (Å²) in [6, 6.07) is 43.2. The molecule has 0 spiro atoms. The maximum absolute atomic E-state index is 7.35. The molecular weight excluding hydrogens is 865 g/mol. The molecule has 0 aliphatic carbocycles. The Morgan fingerprint density at radius 1 is 0.470 bits per heavy atom. The van der Waals surface area contributed by atoms with E-state index < -0.39 is 73.1 Å². The van der Waals surface area contributed by atoms with Gasteiger partial charge in [-0.1, -0.05) is 104 Å². The molecular formula is C52H58O13S. The van der Waals surface area contributed by atoms with E-state index in [0.717, 1.165) is 50.8 Å². The summed E-state index contributed by atoms with van der Waals surface area (Å²) in [7, 11) is 4.95. The Morgan fingerprint density at radius 2 is 0.879 bits per heavy atom. The fourth-order valence-electron chi connectivity index (χ4n) is 8.66. The van der Waals surface area contributed by atoms with Crippen LogP contribution in [0.3, 0.4) is 0 Å². The molecule has 0 bridgehead atoms. The SMILES string of the molecule is CCS[C@H]1O[C@@H]2COC(c3ccccc3)O[C@H]2[C@H](OCc2ccc(OC)cc2)[C@@H]1O[C@@H]1O[C@@H]2COC(c3ccccc3)O[C@H]2[C@H](OCc2ccc(OC)cc2)[C@@H]1OCc1ccc(OC)cc1. The Kier molecular flexibility index (Phi) is 15.9. The highest BCUT2D eigenvalue weighted by Gasteiger charge is 2.56. The molecule has 0 N–H and O–H groups in total. The molecule has 0 amide bonds. The van der Waals surface area contributed by atoms with Gasteiger partial charge in [0.05, 0.1) is 54.4 Å². The summed E-state index contributed by atoms with van der Waals surface area (Å²) in [5, 5.41) is 0. The van der Waals surface area contributed by atoms with Gasteiger partial charge in [0.15, 0.2) is 18.9 Å². The summed E-state index contributed by atoms with van der Waals surface area (Å²) in [6.07, 6.45) is -7.40. The van der Waals surface area contributed by atoms with Crippen LogP contribution in [0.2, 0.25) is 0 Å². The lowest BCUT2D eigenvalue weighted by atomic mass is 9.95. The first-order valence-electron chi connectivity index (χ1n) is 22.5. The van der Waals surface area contributed by atoms with Crippen LogP contribution < -0.4 is 14.2 Å². The minimum Gasteiger partial charge on any atom is -0.497 e. The third-order valence-electron chi connectivity index (χ3n) is 12.1. The molecule has 14 heteroatoms. The zero-order valence-corrected chi connectivity index (χ0v) is 38.4. The Labute approximate surface area is 390 Å². The Bertz CT molecular complexity index is 2220. The van der Waals surface area contributed by atoms with E-state index >= 15 is 0 Å². The van der Waals surface area contributed by atoms with Gasteiger partial charge in [-0.25, -0.2) is 0 Å². The van der Waals surface area contributed by atoms with Crippen LogP contribution in [0.15, 0.2) is 133 Å². The van der Waals surface area contributed by atoms with E-state index in [9.17, 15) is 0 Å². The first-order valence-corrected chi connectivity index (χ1v) is 23.5. The summed E-state index contributed by atoms with van der Waals surface area (Å²) in [6.45, 7) is 3.34. The van der Waals surface area contributed by atoms with Crippen molar-refractivity contribution in [2.24, 2.45) is 0 Å². The number of methoxy groups -OCH3 is 3. The summed E-state index contributed by atoms with van der Waals surface area (Å²) in [4.78, 5) is 0. The number of hydrogen-bond donors (Lipinski definition) is 0.